The van der Waals surface area contributed by atoms with Gasteiger partial charge in [0.25, 0.3) is 5.91 Å². The van der Waals surface area contributed by atoms with Crippen molar-refractivity contribution in [1.82, 2.24) is 0 Å². The minimum absolute atomic E-state index is 0.245. The lowest BCUT2D eigenvalue weighted by atomic mass is 10.1. The minimum atomic E-state index is -0.571. The summed E-state index contributed by atoms with van der Waals surface area (Å²) < 4.78 is 5.17. The third-order valence-corrected chi connectivity index (χ3v) is 2.98. The molecule has 1 atom stereocenters. The van der Waals surface area contributed by atoms with Gasteiger partial charge in [-0.15, -0.1) is 0 Å². The van der Waals surface area contributed by atoms with Crippen molar-refractivity contribution in [2.75, 3.05) is 12.4 Å². The van der Waals surface area contributed by atoms with E-state index >= 15 is 0 Å². The van der Waals surface area contributed by atoms with Crippen molar-refractivity contribution in [2.45, 2.75) is 13.0 Å². The van der Waals surface area contributed by atoms with Crippen LogP contribution in [0.3, 0.4) is 0 Å². The van der Waals surface area contributed by atoms with Gasteiger partial charge in [-0.2, -0.15) is 0 Å². The number of aliphatic hydroxyl groups excluding tert-OH is 1. The van der Waals surface area contributed by atoms with Crippen molar-refractivity contribution in [1.29, 1.82) is 0 Å². The fourth-order valence-electron chi connectivity index (χ4n) is 1.91. The summed E-state index contributed by atoms with van der Waals surface area (Å²) in [6, 6.07) is 14.2. The highest BCUT2D eigenvalue weighted by Gasteiger charge is 2.12. The molecule has 2 rings (SSSR count). The largest absolute Gasteiger partial charge is 0.496 e. The highest BCUT2D eigenvalue weighted by atomic mass is 16.5. The van der Waals surface area contributed by atoms with E-state index in [9.17, 15) is 9.90 Å². The molecule has 0 radical (unpaired) electrons. The first-order valence-corrected chi connectivity index (χ1v) is 6.34. The standard InChI is InChI=1S/C16H17NO3/c1-11(18)12-6-5-7-13(10-12)17-16(19)14-8-3-4-9-15(14)20-2/h3-11,18H,1-2H3,(H,17,19)/t11-/m1/s1. The third kappa shape index (κ3) is 3.16. The molecule has 0 fully saturated rings. The Labute approximate surface area is 118 Å². The highest BCUT2D eigenvalue weighted by molar-refractivity contribution is 6.06. The van der Waals surface area contributed by atoms with Gasteiger partial charge in [0.2, 0.25) is 0 Å². The first-order valence-electron chi connectivity index (χ1n) is 6.34. The Morgan fingerprint density at radius 1 is 1.20 bits per heavy atom. The molecule has 0 saturated heterocycles. The molecule has 4 nitrogen and oxygen atoms in total. The number of benzene rings is 2. The van der Waals surface area contributed by atoms with Gasteiger partial charge < -0.3 is 15.2 Å². The number of ether oxygens (including phenoxy) is 1. The summed E-state index contributed by atoms with van der Waals surface area (Å²) in [6.45, 7) is 1.68. The van der Waals surface area contributed by atoms with Crippen molar-refractivity contribution in [3.8, 4) is 5.75 Å². The van der Waals surface area contributed by atoms with E-state index in [0.29, 0.717) is 17.0 Å². The molecule has 1 amide bonds. The number of methoxy groups -OCH3 is 1. The molecule has 20 heavy (non-hydrogen) atoms. The van der Waals surface area contributed by atoms with Gasteiger partial charge in [0, 0.05) is 5.69 Å². The Morgan fingerprint density at radius 2 is 1.95 bits per heavy atom. The van der Waals surface area contributed by atoms with Gasteiger partial charge in [0.05, 0.1) is 18.8 Å². The lowest BCUT2D eigenvalue weighted by molar-refractivity contribution is 0.102. The van der Waals surface area contributed by atoms with Crippen molar-refractivity contribution < 1.29 is 14.6 Å². The fraction of sp³-hybridized carbons (Fsp3) is 0.188. The normalized spacial score (nSPS) is 11.8. The fourth-order valence-corrected chi connectivity index (χ4v) is 1.91. The van der Waals surface area contributed by atoms with Crippen LogP contribution in [0.2, 0.25) is 0 Å². The molecule has 0 unspecified atom stereocenters. The Bertz CT molecular complexity index is 608. The zero-order chi connectivity index (χ0) is 14.5. The van der Waals surface area contributed by atoms with Crippen LogP contribution in [-0.2, 0) is 0 Å². The van der Waals surface area contributed by atoms with Gasteiger partial charge in [-0.25, -0.2) is 0 Å². The first-order chi connectivity index (χ1) is 9.61. The van der Waals surface area contributed by atoms with Crippen LogP contribution in [0.1, 0.15) is 28.9 Å². The molecule has 0 aliphatic rings. The average Bonchev–Trinajstić information content (AvgIpc) is 2.47. The van der Waals surface area contributed by atoms with Gasteiger partial charge in [-0.05, 0) is 36.8 Å². The second kappa shape index (κ2) is 6.21. The van der Waals surface area contributed by atoms with Gasteiger partial charge in [0.15, 0.2) is 0 Å². The van der Waals surface area contributed by atoms with Crippen molar-refractivity contribution in [2.24, 2.45) is 0 Å². The van der Waals surface area contributed by atoms with E-state index in [2.05, 4.69) is 5.32 Å². The van der Waals surface area contributed by atoms with Crippen molar-refractivity contribution in [3.05, 3.63) is 59.7 Å². The zero-order valence-corrected chi connectivity index (χ0v) is 11.5. The molecular formula is C16H17NO3. The molecule has 0 heterocycles. The van der Waals surface area contributed by atoms with Gasteiger partial charge in [0.1, 0.15) is 5.75 Å². The number of rotatable bonds is 4. The van der Waals surface area contributed by atoms with E-state index in [1.807, 2.05) is 12.1 Å². The van der Waals surface area contributed by atoms with Crippen LogP contribution in [0.15, 0.2) is 48.5 Å². The first kappa shape index (κ1) is 14.1. The predicted octanol–water partition coefficient (Wildman–Crippen LogP) is 3.00. The summed E-state index contributed by atoms with van der Waals surface area (Å²) in [7, 11) is 1.53. The Morgan fingerprint density at radius 3 is 2.65 bits per heavy atom. The number of para-hydroxylation sites is 1. The molecule has 2 N–H and O–H groups in total. The number of nitrogens with one attached hydrogen (secondary N) is 1. The van der Waals surface area contributed by atoms with Crippen LogP contribution in [0, 0.1) is 0 Å². The topological polar surface area (TPSA) is 58.6 Å². The monoisotopic (exact) mass is 271 g/mol. The average molecular weight is 271 g/mol. The molecule has 0 saturated carbocycles. The lowest BCUT2D eigenvalue weighted by Gasteiger charge is -2.11. The van der Waals surface area contributed by atoms with E-state index in [-0.39, 0.29) is 5.91 Å². The van der Waals surface area contributed by atoms with Gasteiger partial charge in [-0.1, -0.05) is 24.3 Å². The molecule has 4 heteroatoms. The molecule has 0 aliphatic heterocycles. The molecule has 104 valence electrons. The summed E-state index contributed by atoms with van der Waals surface area (Å²) in [5, 5.41) is 12.3. The molecule has 2 aromatic rings. The second-order valence-corrected chi connectivity index (χ2v) is 4.46. The van der Waals surface area contributed by atoms with Gasteiger partial charge >= 0.3 is 0 Å². The molecule has 0 aromatic heterocycles. The van der Waals surface area contributed by atoms with E-state index < -0.39 is 6.10 Å². The molecule has 0 bridgehead atoms. The van der Waals surface area contributed by atoms with Crippen molar-refractivity contribution >= 4 is 11.6 Å². The molecule has 0 spiro atoms. The lowest BCUT2D eigenvalue weighted by Crippen LogP contribution is -2.13. The maximum Gasteiger partial charge on any atom is 0.259 e. The quantitative estimate of drug-likeness (QED) is 0.898. The number of anilines is 1. The number of amides is 1. The molecular weight excluding hydrogens is 254 g/mol. The van der Waals surface area contributed by atoms with Gasteiger partial charge in [-0.3, -0.25) is 4.79 Å². The number of carbonyl (C=O) groups is 1. The summed E-state index contributed by atoms with van der Waals surface area (Å²) >= 11 is 0. The van der Waals surface area contributed by atoms with E-state index in [1.165, 1.54) is 7.11 Å². The van der Waals surface area contributed by atoms with Crippen molar-refractivity contribution in [3.63, 3.8) is 0 Å². The van der Waals surface area contributed by atoms with Crippen LogP contribution >= 0.6 is 0 Å². The van der Waals surface area contributed by atoms with Crippen LogP contribution in [0.5, 0.6) is 5.75 Å². The second-order valence-electron chi connectivity index (χ2n) is 4.46. The maximum atomic E-state index is 12.2. The molecule has 2 aromatic carbocycles. The highest BCUT2D eigenvalue weighted by Crippen LogP contribution is 2.21. The van der Waals surface area contributed by atoms with E-state index in [1.54, 1.807) is 43.3 Å². The zero-order valence-electron chi connectivity index (χ0n) is 11.5. The minimum Gasteiger partial charge on any atom is -0.496 e. The number of aliphatic hydroxyl groups is 1. The SMILES string of the molecule is COc1ccccc1C(=O)Nc1cccc([C@@H](C)O)c1. The summed E-state index contributed by atoms with van der Waals surface area (Å²) in [5.74, 6) is 0.280. The van der Waals surface area contributed by atoms with E-state index in [4.69, 9.17) is 4.74 Å². The number of hydrogen-bond acceptors (Lipinski definition) is 3. The summed E-state index contributed by atoms with van der Waals surface area (Å²) in [5.41, 5.74) is 1.86. The Kier molecular flexibility index (Phi) is 4.38. The third-order valence-electron chi connectivity index (χ3n) is 2.98. The Balaban J connectivity index is 2.21. The molecule has 0 aliphatic carbocycles. The smallest absolute Gasteiger partial charge is 0.259 e. The van der Waals surface area contributed by atoms with Crippen LogP contribution in [0.25, 0.3) is 0 Å². The summed E-state index contributed by atoms with van der Waals surface area (Å²) in [6.07, 6.45) is -0.571. The van der Waals surface area contributed by atoms with Crippen LogP contribution in [-0.4, -0.2) is 18.1 Å². The predicted molar refractivity (Wildman–Crippen MR) is 78.0 cm³/mol. The summed E-state index contributed by atoms with van der Waals surface area (Å²) in [4.78, 5) is 12.2. The Hall–Kier alpha value is -2.33. The maximum absolute atomic E-state index is 12.2. The van der Waals surface area contributed by atoms with Crippen LogP contribution < -0.4 is 10.1 Å². The van der Waals surface area contributed by atoms with Crippen LogP contribution in [0.4, 0.5) is 5.69 Å². The van der Waals surface area contributed by atoms with E-state index in [0.717, 1.165) is 5.56 Å². The number of carbonyl (C=O) groups excluding carboxylic acids is 1. The number of hydrogen-bond donors (Lipinski definition) is 2.